The van der Waals surface area contributed by atoms with Gasteiger partial charge >= 0.3 is 12.1 Å². The van der Waals surface area contributed by atoms with Gasteiger partial charge in [-0.1, -0.05) is 0 Å². The van der Waals surface area contributed by atoms with Crippen molar-refractivity contribution in [2.75, 3.05) is 50.1 Å². The second-order valence-corrected chi connectivity index (χ2v) is 6.19. The first-order chi connectivity index (χ1) is 12.4. The van der Waals surface area contributed by atoms with Crippen LogP contribution in [0.3, 0.4) is 0 Å². The van der Waals surface area contributed by atoms with Gasteiger partial charge in [0.25, 0.3) is 0 Å². The molecule has 8 nitrogen and oxygen atoms in total. The van der Waals surface area contributed by atoms with E-state index in [2.05, 4.69) is 4.74 Å². The fraction of sp³-hybridized carbons (Fsp3) is 0.471. The monoisotopic (exact) mass is 365 g/mol. The van der Waals surface area contributed by atoms with E-state index in [0.717, 1.165) is 0 Å². The molecule has 0 aromatic heterocycles. The Balaban J connectivity index is 1.77. The maximum atomic E-state index is 14.7. The number of ether oxygens (including phenoxy) is 2. The predicted molar refractivity (Wildman–Crippen MR) is 90.5 cm³/mol. The lowest BCUT2D eigenvalue weighted by Gasteiger charge is -2.24. The van der Waals surface area contributed by atoms with Gasteiger partial charge in [-0.15, -0.1) is 0 Å². The Hall–Kier alpha value is -2.84. The molecule has 9 heteroatoms. The number of hydrogen-bond donors (Lipinski definition) is 0. The van der Waals surface area contributed by atoms with E-state index >= 15 is 0 Å². The van der Waals surface area contributed by atoms with E-state index in [1.54, 1.807) is 29.0 Å². The number of amides is 2. The van der Waals surface area contributed by atoms with Crippen molar-refractivity contribution < 1.29 is 28.2 Å². The third-order valence-corrected chi connectivity index (χ3v) is 4.59. The van der Waals surface area contributed by atoms with Crippen LogP contribution in [0.4, 0.5) is 20.6 Å². The van der Waals surface area contributed by atoms with Gasteiger partial charge in [0, 0.05) is 33.1 Å². The van der Waals surface area contributed by atoms with Crippen LogP contribution in [-0.4, -0.2) is 69.3 Å². The highest BCUT2D eigenvalue weighted by atomic mass is 19.1. The molecule has 0 unspecified atom stereocenters. The molecule has 2 heterocycles. The molecule has 0 aliphatic carbocycles. The van der Waals surface area contributed by atoms with E-state index in [1.807, 2.05) is 0 Å². The smallest absolute Gasteiger partial charge is 0.415 e. The number of cyclic esters (lactones) is 1. The molecule has 2 aliphatic rings. The number of nitrogens with zero attached hydrogens (tertiary/aromatic N) is 3. The fourth-order valence-corrected chi connectivity index (χ4v) is 3.02. The Kier molecular flexibility index (Phi) is 4.97. The molecule has 0 N–H and O–H groups in total. The summed E-state index contributed by atoms with van der Waals surface area (Å²) in [6.07, 6.45) is -1.44. The number of halogens is 1. The molecule has 2 saturated heterocycles. The highest BCUT2D eigenvalue weighted by Crippen LogP contribution is 2.28. The van der Waals surface area contributed by atoms with Gasteiger partial charge in [0.05, 0.1) is 25.0 Å². The third-order valence-electron chi connectivity index (χ3n) is 4.59. The topological polar surface area (TPSA) is 79.4 Å². The summed E-state index contributed by atoms with van der Waals surface area (Å²) < 4.78 is 24.2. The summed E-state index contributed by atoms with van der Waals surface area (Å²) >= 11 is 0. The molecule has 26 heavy (non-hydrogen) atoms. The SMILES string of the molecule is COC(=O)[C@H]1CN(c2ccc(N3CCC(=O)N(C)CC3)c(F)c2)C(=O)O1. The number of hydrogen-bond acceptors (Lipinski definition) is 6. The van der Waals surface area contributed by atoms with E-state index < -0.39 is 24.0 Å². The standard InChI is InChI=1S/C17H20FN3O5/c1-19-7-8-20(6-5-15(19)22)13-4-3-11(9-12(13)18)21-10-14(16(23)25-2)26-17(21)24/h3-4,9,14H,5-8,10H2,1-2H3/t14-/m1/s1. The molecule has 0 saturated carbocycles. The highest BCUT2D eigenvalue weighted by Gasteiger charge is 2.38. The summed E-state index contributed by atoms with van der Waals surface area (Å²) in [6, 6.07) is 4.39. The van der Waals surface area contributed by atoms with Crippen LogP contribution >= 0.6 is 0 Å². The molecule has 0 radical (unpaired) electrons. The molecule has 1 atom stereocenters. The average Bonchev–Trinajstić information content (AvgIpc) is 2.94. The Morgan fingerprint density at radius 3 is 2.73 bits per heavy atom. The molecule has 0 spiro atoms. The highest BCUT2D eigenvalue weighted by molar-refractivity contribution is 5.94. The Morgan fingerprint density at radius 1 is 1.27 bits per heavy atom. The van der Waals surface area contributed by atoms with Crippen LogP contribution in [-0.2, 0) is 19.1 Å². The molecule has 1 aromatic carbocycles. The van der Waals surface area contributed by atoms with E-state index in [9.17, 15) is 18.8 Å². The Morgan fingerprint density at radius 2 is 2.04 bits per heavy atom. The van der Waals surface area contributed by atoms with Crippen molar-refractivity contribution in [3.05, 3.63) is 24.0 Å². The first kappa shape index (κ1) is 18.0. The lowest BCUT2D eigenvalue weighted by atomic mass is 10.2. The summed E-state index contributed by atoms with van der Waals surface area (Å²) in [7, 11) is 2.93. The Bertz CT molecular complexity index is 741. The van der Waals surface area contributed by atoms with Gasteiger partial charge in [-0.3, -0.25) is 9.69 Å². The van der Waals surface area contributed by atoms with Crippen molar-refractivity contribution in [1.29, 1.82) is 0 Å². The average molecular weight is 365 g/mol. The quantitative estimate of drug-likeness (QED) is 0.744. The van der Waals surface area contributed by atoms with Gasteiger partial charge in [0.2, 0.25) is 12.0 Å². The van der Waals surface area contributed by atoms with Gasteiger partial charge in [-0.05, 0) is 18.2 Å². The molecule has 2 aliphatic heterocycles. The maximum Gasteiger partial charge on any atom is 0.415 e. The second kappa shape index (κ2) is 7.19. The molecule has 2 fully saturated rings. The largest absolute Gasteiger partial charge is 0.466 e. The van der Waals surface area contributed by atoms with Crippen LogP contribution < -0.4 is 9.80 Å². The van der Waals surface area contributed by atoms with Gasteiger partial charge in [-0.2, -0.15) is 0 Å². The first-order valence-corrected chi connectivity index (χ1v) is 8.25. The van der Waals surface area contributed by atoms with E-state index in [4.69, 9.17) is 4.74 Å². The number of anilines is 2. The van der Waals surface area contributed by atoms with Crippen LogP contribution in [0, 0.1) is 5.82 Å². The summed E-state index contributed by atoms with van der Waals surface area (Å²) in [4.78, 5) is 39.8. The summed E-state index contributed by atoms with van der Waals surface area (Å²) in [6.45, 7) is 1.43. The number of rotatable bonds is 3. The van der Waals surface area contributed by atoms with Crippen LogP contribution in [0.25, 0.3) is 0 Å². The second-order valence-electron chi connectivity index (χ2n) is 6.19. The van der Waals surface area contributed by atoms with Crippen molar-refractivity contribution in [3.8, 4) is 0 Å². The summed E-state index contributed by atoms with van der Waals surface area (Å²) in [5.41, 5.74) is 0.666. The van der Waals surface area contributed by atoms with Crippen molar-refractivity contribution >= 4 is 29.3 Å². The van der Waals surface area contributed by atoms with E-state index in [-0.39, 0.29) is 12.5 Å². The zero-order valence-electron chi connectivity index (χ0n) is 14.6. The number of carbonyl (C=O) groups excluding carboxylic acids is 3. The number of methoxy groups -OCH3 is 1. The minimum absolute atomic E-state index is 0.0261. The van der Waals surface area contributed by atoms with Gasteiger partial charge in [0.1, 0.15) is 5.82 Å². The minimum Gasteiger partial charge on any atom is -0.466 e. The summed E-state index contributed by atoms with van der Waals surface area (Å²) in [5.74, 6) is -1.14. The molecule has 0 bridgehead atoms. The van der Waals surface area contributed by atoms with Crippen LogP contribution in [0.5, 0.6) is 0 Å². The molecular formula is C17H20FN3O5. The van der Waals surface area contributed by atoms with Crippen LogP contribution in [0.15, 0.2) is 18.2 Å². The normalized spacial score (nSPS) is 20.9. The van der Waals surface area contributed by atoms with Crippen LogP contribution in [0.2, 0.25) is 0 Å². The van der Waals surface area contributed by atoms with Crippen molar-refractivity contribution in [1.82, 2.24) is 4.90 Å². The molecule has 140 valence electrons. The van der Waals surface area contributed by atoms with Crippen molar-refractivity contribution in [3.63, 3.8) is 0 Å². The minimum atomic E-state index is -1.03. The maximum absolute atomic E-state index is 14.7. The molecule has 3 rings (SSSR count). The van der Waals surface area contributed by atoms with Crippen molar-refractivity contribution in [2.45, 2.75) is 12.5 Å². The zero-order valence-corrected chi connectivity index (χ0v) is 14.6. The number of carbonyl (C=O) groups is 3. The molecule has 2 amide bonds. The van der Waals surface area contributed by atoms with Gasteiger partial charge in [0.15, 0.2) is 0 Å². The van der Waals surface area contributed by atoms with E-state index in [1.165, 1.54) is 18.1 Å². The molecular weight excluding hydrogens is 345 g/mol. The number of esters is 1. The lowest BCUT2D eigenvalue weighted by Crippen LogP contribution is -2.31. The van der Waals surface area contributed by atoms with E-state index in [0.29, 0.717) is 37.4 Å². The van der Waals surface area contributed by atoms with Gasteiger partial charge < -0.3 is 19.3 Å². The first-order valence-electron chi connectivity index (χ1n) is 8.25. The van der Waals surface area contributed by atoms with Gasteiger partial charge in [-0.25, -0.2) is 14.0 Å². The number of benzene rings is 1. The zero-order chi connectivity index (χ0) is 18.8. The predicted octanol–water partition coefficient (Wildman–Crippen LogP) is 0.992. The lowest BCUT2D eigenvalue weighted by molar-refractivity contribution is -0.148. The molecule has 1 aromatic rings. The van der Waals surface area contributed by atoms with Crippen LogP contribution in [0.1, 0.15) is 6.42 Å². The fourth-order valence-electron chi connectivity index (χ4n) is 3.02. The van der Waals surface area contributed by atoms with Crippen molar-refractivity contribution in [2.24, 2.45) is 0 Å². The third kappa shape index (κ3) is 3.42. The summed E-state index contributed by atoms with van der Waals surface area (Å²) in [5, 5.41) is 0. The Labute approximate surface area is 150 Å². The number of likely N-dealkylation sites (N-methyl/N-ethyl adjacent to an activating group) is 1.